The molecular formula is C29H35F3N3O4P. The number of halogens is 3. The highest BCUT2D eigenvalue weighted by molar-refractivity contribution is 7.26. The molecule has 216 valence electrons. The standard InChI is InChI=1S/C29H35F3N3O4P/c1-2-3-14-28(25(33)36)27(26(37)34-18-29(30,31)32,13-8-15-35(28)19-16-38-40-39-17-19)24-22-11-6-4-9-20(22)21-10-5-7-12-23(21)24/h4-7,9-12,19,24,40H,2-3,8,13-18H2,1H3,(H2,33,36)(H,34,37). The molecule has 2 atom stereocenters. The van der Waals surface area contributed by atoms with Crippen LogP contribution < -0.4 is 11.1 Å². The first-order valence-corrected chi connectivity index (χ1v) is 14.6. The predicted molar refractivity (Wildman–Crippen MR) is 147 cm³/mol. The second-order valence-electron chi connectivity index (χ2n) is 10.9. The number of amides is 2. The number of fused-ring (bicyclic) bond motifs is 3. The van der Waals surface area contributed by atoms with Crippen molar-refractivity contribution in [3.63, 3.8) is 0 Å². The van der Waals surface area contributed by atoms with Gasteiger partial charge in [-0.1, -0.05) is 68.3 Å². The third kappa shape index (κ3) is 4.73. The number of unbranched alkanes of at least 4 members (excludes halogenated alkanes) is 1. The van der Waals surface area contributed by atoms with Crippen LogP contribution >= 0.6 is 9.03 Å². The maximum absolute atomic E-state index is 14.6. The van der Waals surface area contributed by atoms with Crippen molar-refractivity contribution in [3.8, 4) is 11.1 Å². The van der Waals surface area contributed by atoms with Gasteiger partial charge in [-0.3, -0.25) is 14.5 Å². The third-order valence-corrected chi connectivity index (χ3v) is 9.36. The van der Waals surface area contributed by atoms with Crippen molar-refractivity contribution < 1.29 is 31.8 Å². The lowest BCUT2D eigenvalue weighted by molar-refractivity contribution is -0.176. The zero-order chi connectivity index (χ0) is 28.5. The second kappa shape index (κ2) is 11.4. The highest BCUT2D eigenvalue weighted by Crippen LogP contribution is 2.62. The molecular weight excluding hydrogens is 542 g/mol. The molecule has 2 fully saturated rings. The molecule has 7 nitrogen and oxygen atoms in total. The molecule has 11 heteroatoms. The first-order valence-electron chi connectivity index (χ1n) is 13.8. The lowest BCUT2D eigenvalue weighted by Gasteiger charge is -2.61. The van der Waals surface area contributed by atoms with Gasteiger partial charge < -0.3 is 20.1 Å². The molecule has 2 unspecified atom stereocenters. The smallest absolute Gasteiger partial charge is 0.368 e. The number of rotatable bonds is 8. The summed E-state index contributed by atoms with van der Waals surface area (Å²) in [5.41, 5.74) is 6.60. The monoisotopic (exact) mass is 577 g/mol. The Morgan fingerprint density at radius 1 is 1.07 bits per heavy atom. The maximum Gasteiger partial charge on any atom is 0.405 e. The van der Waals surface area contributed by atoms with Gasteiger partial charge in [0.05, 0.1) is 24.7 Å². The number of nitrogens with one attached hydrogen (secondary N) is 1. The van der Waals surface area contributed by atoms with E-state index in [2.05, 4.69) is 5.32 Å². The van der Waals surface area contributed by atoms with Crippen molar-refractivity contribution in [2.24, 2.45) is 11.1 Å². The van der Waals surface area contributed by atoms with Crippen LogP contribution in [-0.4, -0.2) is 60.8 Å². The quantitative estimate of drug-likeness (QED) is 0.436. The molecule has 0 aromatic heterocycles. The van der Waals surface area contributed by atoms with Gasteiger partial charge in [0.15, 0.2) is 9.03 Å². The summed E-state index contributed by atoms with van der Waals surface area (Å²) < 4.78 is 51.9. The molecule has 2 amide bonds. The number of hydrogen-bond donors (Lipinski definition) is 2. The predicted octanol–water partition coefficient (Wildman–Crippen LogP) is 4.90. The molecule has 2 aliphatic heterocycles. The van der Waals surface area contributed by atoms with Gasteiger partial charge in [0.25, 0.3) is 0 Å². The number of carbonyl (C=O) groups excluding carboxylic acids is 2. The number of alkyl halides is 3. The minimum absolute atomic E-state index is 0.136. The van der Waals surface area contributed by atoms with Crippen LogP contribution in [0.5, 0.6) is 0 Å². The Hall–Kier alpha value is -2.52. The third-order valence-electron chi connectivity index (χ3n) is 8.79. The lowest BCUT2D eigenvalue weighted by atomic mass is 9.52. The molecule has 40 heavy (non-hydrogen) atoms. The van der Waals surface area contributed by atoms with E-state index in [4.69, 9.17) is 14.8 Å². The number of benzene rings is 2. The van der Waals surface area contributed by atoms with Crippen molar-refractivity contribution in [3.05, 3.63) is 59.7 Å². The van der Waals surface area contributed by atoms with Crippen LogP contribution in [0.4, 0.5) is 13.2 Å². The highest BCUT2D eigenvalue weighted by Gasteiger charge is 2.69. The summed E-state index contributed by atoms with van der Waals surface area (Å²) in [4.78, 5) is 30.6. The fourth-order valence-corrected chi connectivity index (χ4v) is 7.93. The zero-order valence-corrected chi connectivity index (χ0v) is 23.4. The first kappa shape index (κ1) is 29.0. The Labute approximate surface area is 233 Å². The van der Waals surface area contributed by atoms with Gasteiger partial charge in [-0.2, -0.15) is 13.2 Å². The Morgan fingerprint density at radius 2 is 1.68 bits per heavy atom. The van der Waals surface area contributed by atoms with Crippen molar-refractivity contribution in [2.45, 2.75) is 62.7 Å². The van der Waals surface area contributed by atoms with Crippen LogP contribution in [0.2, 0.25) is 0 Å². The largest absolute Gasteiger partial charge is 0.405 e. The summed E-state index contributed by atoms with van der Waals surface area (Å²) in [7, 11) is -0.136. The number of likely N-dealkylation sites (tertiary alicyclic amines) is 1. The van der Waals surface area contributed by atoms with E-state index in [-0.39, 0.29) is 41.1 Å². The average molecular weight is 578 g/mol. The number of primary amides is 1. The van der Waals surface area contributed by atoms with E-state index in [0.29, 0.717) is 25.8 Å². The first-order chi connectivity index (χ1) is 19.2. The topological polar surface area (TPSA) is 93.9 Å². The Morgan fingerprint density at radius 3 is 2.23 bits per heavy atom. The van der Waals surface area contributed by atoms with Crippen molar-refractivity contribution in [1.82, 2.24) is 10.2 Å². The van der Waals surface area contributed by atoms with Gasteiger partial charge in [-0.25, -0.2) is 0 Å². The van der Waals surface area contributed by atoms with Gasteiger partial charge in [0.1, 0.15) is 12.1 Å². The Kier molecular flexibility index (Phi) is 8.26. The average Bonchev–Trinajstić information content (AvgIpc) is 3.29. The van der Waals surface area contributed by atoms with Gasteiger partial charge in [0.2, 0.25) is 11.8 Å². The van der Waals surface area contributed by atoms with Crippen molar-refractivity contribution >= 4 is 20.8 Å². The molecule has 2 saturated heterocycles. The summed E-state index contributed by atoms with van der Waals surface area (Å²) in [6, 6.07) is 14.9. The number of hydrogen-bond acceptors (Lipinski definition) is 5. The zero-order valence-electron chi connectivity index (χ0n) is 22.4. The van der Waals surface area contributed by atoms with Crippen LogP contribution in [-0.2, 0) is 18.6 Å². The maximum atomic E-state index is 14.6. The molecule has 2 aromatic rings. The lowest BCUT2D eigenvalue weighted by Crippen LogP contribution is -2.77. The molecule has 0 saturated carbocycles. The molecule has 0 spiro atoms. The Balaban J connectivity index is 1.80. The Bertz CT molecular complexity index is 1210. The van der Waals surface area contributed by atoms with Crippen LogP contribution in [0.1, 0.15) is 56.1 Å². The SMILES string of the molecule is CCCCC1(C(N)=O)N(C2COPOC2)CCCC1(C(=O)NCC(F)(F)F)C1c2ccccc2-c2ccccc21. The van der Waals surface area contributed by atoms with E-state index in [0.717, 1.165) is 22.3 Å². The number of nitrogens with zero attached hydrogens (tertiary/aromatic N) is 1. The van der Waals surface area contributed by atoms with E-state index in [1.165, 1.54) is 0 Å². The van der Waals surface area contributed by atoms with E-state index in [9.17, 15) is 22.8 Å². The summed E-state index contributed by atoms with van der Waals surface area (Å²) >= 11 is 0. The fraction of sp³-hybridized carbons (Fsp3) is 0.517. The molecule has 5 rings (SSSR count). The van der Waals surface area contributed by atoms with Crippen LogP contribution in [0.15, 0.2) is 48.5 Å². The number of carbonyl (C=O) groups is 2. The molecule has 3 N–H and O–H groups in total. The van der Waals surface area contributed by atoms with E-state index >= 15 is 0 Å². The second-order valence-corrected chi connectivity index (χ2v) is 11.6. The fourth-order valence-electron chi connectivity index (χ4n) is 7.33. The van der Waals surface area contributed by atoms with E-state index in [1.54, 1.807) is 0 Å². The molecule has 2 aromatic carbocycles. The van der Waals surface area contributed by atoms with Crippen LogP contribution in [0, 0.1) is 5.41 Å². The minimum atomic E-state index is -4.62. The molecule has 0 bridgehead atoms. The van der Waals surface area contributed by atoms with Gasteiger partial charge in [0, 0.05) is 5.92 Å². The number of nitrogens with two attached hydrogens (primary N) is 1. The van der Waals surface area contributed by atoms with Gasteiger partial charge in [-0.15, -0.1) is 0 Å². The highest BCUT2D eigenvalue weighted by atomic mass is 31.1. The van der Waals surface area contributed by atoms with Crippen LogP contribution in [0.25, 0.3) is 11.1 Å². The molecule has 0 radical (unpaired) electrons. The van der Waals surface area contributed by atoms with E-state index < -0.39 is 41.4 Å². The number of piperidine rings is 1. The van der Waals surface area contributed by atoms with Crippen molar-refractivity contribution in [1.29, 1.82) is 0 Å². The molecule has 2 heterocycles. The normalized spacial score (nSPS) is 27.8. The minimum Gasteiger partial charge on any atom is -0.368 e. The molecule has 1 aliphatic carbocycles. The van der Waals surface area contributed by atoms with E-state index in [1.807, 2.05) is 60.4 Å². The molecule has 3 aliphatic rings. The van der Waals surface area contributed by atoms with Crippen molar-refractivity contribution in [2.75, 3.05) is 26.3 Å². The summed E-state index contributed by atoms with van der Waals surface area (Å²) in [6.07, 6.45) is -2.46. The van der Waals surface area contributed by atoms with Gasteiger partial charge in [-0.05, 0) is 48.1 Å². The van der Waals surface area contributed by atoms with Crippen LogP contribution in [0.3, 0.4) is 0 Å². The summed E-state index contributed by atoms with van der Waals surface area (Å²) in [5.74, 6) is -2.20. The summed E-state index contributed by atoms with van der Waals surface area (Å²) in [5, 5.41) is 2.22. The van der Waals surface area contributed by atoms with Gasteiger partial charge >= 0.3 is 6.18 Å². The summed E-state index contributed by atoms with van der Waals surface area (Å²) in [6.45, 7) is 1.47.